The molecule has 1 heterocycles. The van der Waals surface area contributed by atoms with Crippen molar-refractivity contribution in [3.8, 4) is 5.75 Å². The zero-order valence-corrected chi connectivity index (χ0v) is 9.76. The fraction of sp³-hybridized carbons (Fsp3) is 0.250. The summed E-state index contributed by atoms with van der Waals surface area (Å²) in [5, 5.41) is 10.3. The third-order valence-electron chi connectivity index (χ3n) is 2.76. The van der Waals surface area contributed by atoms with Gasteiger partial charge in [-0.15, -0.1) is 11.6 Å². The molecule has 0 amide bonds. The fourth-order valence-electron chi connectivity index (χ4n) is 1.79. The molecule has 0 saturated heterocycles. The van der Waals surface area contributed by atoms with E-state index in [1.54, 1.807) is 13.0 Å². The second-order valence-electron chi connectivity index (χ2n) is 3.75. The van der Waals surface area contributed by atoms with Crippen molar-refractivity contribution in [1.29, 1.82) is 0 Å². The van der Waals surface area contributed by atoms with Crippen LogP contribution in [-0.2, 0) is 5.88 Å². The van der Waals surface area contributed by atoms with Crippen LogP contribution in [0.25, 0.3) is 11.0 Å². The number of alkyl halides is 1. The molecule has 1 aromatic carbocycles. The van der Waals surface area contributed by atoms with Crippen LogP contribution in [0.5, 0.6) is 5.75 Å². The minimum absolute atomic E-state index is 0.0505. The van der Waals surface area contributed by atoms with Gasteiger partial charge in [-0.1, -0.05) is 0 Å². The number of halogens is 1. The molecule has 0 atom stereocenters. The molecule has 3 nitrogen and oxygen atoms in total. The molecule has 0 aliphatic heterocycles. The predicted molar refractivity (Wildman–Crippen MR) is 63.2 cm³/mol. The lowest BCUT2D eigenvalue weighted by molar-refractivity contribution is 0.472. The largest absolute Gasteiger partial charge is 0.508 e. The summed E-state index contributed by atoms with van der Waals surface area (Å²) in [6.45, 7) is 3.56. The first-order chi connectivity index (χ1) is 7.54. The molecule has 2 aromatic rings. The summed E-state index contributed by atoms with van der Waals surface area (Å²) in [6.07, 6.45) is 0. The summed E-state index contributed by atoms with van der Waals surface area (Å²) < 4.78 is 5.12. The smallest absolute Gasteiger partial charge is 0.339 e. The van der Waals surface area contributed by atoms with Gasteiger partial charge in [-0.05, 0) is 31.0 Å². The molecule has 2 rings (SSSR count). The van der Waals surface area contributed by atoms with Gasteiger partial charge in [0.1, 0.15) is 11.3 Å². The topological polar surface area (TPSA) is 50.4 Å². The third-order valence-corrected chi connectivity index (χ3v) is 3.05. The SMILES string of the molecule is Cc1c(C)c2c(CCl)cc(O)cc2oc1=O. The summed E-state index contributed by atoms with van der Waals surface area (Å²) in [5.41, 5.74) is 2.19. The lowest BCUT2D eigenvalue weighted by atomic mass is 10.0. The minimum atomic E-state index is -0.379. The van der Waals surface area contributed by atoms with Crippen LogP contribution in [-0.4, -0.2) is 5.11 Å². The van der Waals surface area contributed by atoms with Crippen molar-refractivity contribution in [2.45, 2.75) is 19.7 Å². The van der Waals surface area contributed by atoms with E-state index in [2.05, 4.69) is 0 Å². The number of aromatic hydroxyl groups is 1. The Kier molecular flexibility index (Phi) is 2.64. The summed E-state index contributed by atoms with van der Waals surface area (Å²) in [6, 6.07) is 3.01. The first-order valence-electron chi connectivity index (χ1n) is 4.86. The Hall–Kier alpha value is -1.48. The number of phenolic OH excluding ortho intramolecular Hbond substituents is 1. The van der Waals surface area contributed by atoms with Gasteiger partial charge in [0.05, 0.1) is 0 Å². The molecule has 0 spiro atoms. The summed E-state index contributed by atoms with van der Waals surface area (Å²) in [7, 11) is 0. The van der Waals surface area contributed by atoms with Crippen LogP contribution in [0.15, 0.2) is 21.3 Å². The van der Waals surface area contributed by atoms with Gasteiger partial charge in [0.25, 0.3) is 0 Å². The average Bonchev–Trinajstić information content (AvgIpc) is 2.24. The van der Waals surface area contributed by atoms with Gasteiger partial charge in [-0.3, -0.25) is 0 Å². The first-order valence-corrected chi connectivity index (χ1v) is 5.40. The van der Waals surface area contributed by atoms with Crippen LogP contribution in [0, 0.1) is 13.8 Å². The second-order valence-corrected chi connectivity index (χ2v) is 4.02. The van der Waals surface area contributed by atoms with Gasteiger partial charge in [-0.25, -0.2) is 4.79 Å². The summed E-state index contributed by atoms with van der Waals surface area (Å²) in [4.78, 5) is 11.5. The van der Waals surface area contributed by atoms with Gasteiger partial charge in [0.2, 0.25) is 0 Å². The number of phenols is 1. The number of hydrogen-bond acceptors (Lipinski definition) is 3. The lowest BCUT2D eigenvalue weighted by Crippen LogP contribution is -2.06. The van der Waals surface area contributed by atoms with Gasteiger partial charge < -0.3 is 9.52 Å². The van der Waals surface area contributed by atoms with Crippen LogP contribution in [0.3, 0.4) is 0 Å². The van der Waals surface area contributed by atoms with Gasteiger partial charge >= 0.3 is 5.63 Å². The highest BCUT2D eigenvalue weighted by Crippen LogP contribution is 2.28. The maximum Gasteiger partial charge on any atom is 0.339 e. The quantitative estimate of drug-likeness (QED) is 0.614. The number of benzene rings is 1. The molecule has 16 heavy (non-hydrogen) atoms. The molecule has 84 valence electrons. The number of aryl methyl sites for hydroxylation is 1. The Balaban J connectivity index is 3.01. The normalized spacial score (nSPS) is 10.9. The molecule has 0 saturated carbocycles. The first kappa shape index (κ1) is 11.0. The van der Waals surface area contributed by atoms with E-state index < -0.39 is 0 Å². The van der Waals surface area contributed by atoms with Crippen LogP contribution in [0.1, 0.15) is 16.7 Å². The van der Waals surface area contributed by atoms with E-state index in [4.69, 9.17) is 16.0 Å². The van der Waals surface area contributed by atoms with E-state index in [0.717, 1.165) is 16.5 Å². The standard InChI is InChI=1S/C12H11ClO3/c1-6-7(2)12(15)16-10-4-9(14)3-8(5-13)11(6)10/h3-4,14H,5H2,1-2H3. The summed E-state index contributed by atoms with van der Waals surface area (Å²) in [5.74, 6) is 0.313. The summed E-state index contributed by atoms with van der Waals surface area (Å²) >= 11 is 5.81. The molecule has 1 N–H and O–H groups in total. The van der Waals surface area contributed by atoms with Crippen molar-refractivity contribution >= 4 is 22.6 Å². The molecule has 4 heteroatoms. The van der Waals surface area contributed by atoms with Crippen LogP contribution < -0.4 is 5.63 Å². The van der Waals surface area contributed by atoms with Crippen LogP contribution in [0.4, 0.5) is 0 Å². The van der Waals surface area contributed by atoms with E-state index in [9.17, 15) is 9.90 Å². The van der Waals surface area contributed by atoms with Gasteiger partial charge in [-0.2, -0.15) is 0 Å². The van der Waals surface area contributed by atoms with E-state index in [1.807, 2.05) is 6.92 Å². The molecule has 0 aliphatic rings. The van der Waals surface area contributed by atoms with Crippen LogP contribution >= 0.6 is 11.6 Å². The van der Waals surface area contributed by atoms with E-state index in [-0.39, 0.29) is 17.3 Å². The zero-order valence-electron chi connectivity index (χ0n) is 9.00. The number of hydrogen-bond donors (Lipinski definition) is 1. The molecular formula is C12H11ClO3. The molecule has 0 fully saturated rings. The zero-order chi connectivity index (χ0) is 11.9. The highest BCUT2D eigenvalue weighted by Gasteiger charge is 2.12. The Morgan fingerprint density at radius 3 is 2.62 bits per heavy atom. The molecule has 0 aliphatic carbocycles. The van der Waals surface area contributed by atoms with Gasteiger partial charge in [0.15, 0.2) is 0 Å². The monoisotopic (exact) mass is 238 g/mol. The Bertz CT molecular complexity index is 614. The average molecular weight is 239 g/mol. The Morgan fingerprint density at radius 2 is 2.00 bits per heavy atom. The lowest BCUT2D eigenvalue weighted by Gasteiger charge is -2.08. The number of rotatable bonds is 1. The Morgan fingerprint density at radius 1 is 1.31 bits per heavy atom. The van der Waals surface area contributed by atoms with Gasteiger partial charge in [0, 0.05) is 22.9 Å². The highest BCUT2D eigenvalue weighted by molar-refractivity contribution is 6.18. The van der Waals surface area contributed by atoms with Crippen LogP contribution in [0.2, 0.25) is 0 Å². The maximum atomic E-state index is 11.5. The molecule has 0 unspecified atom stereocenters. The van der Waals surface area contributed by atoms with Crippen molar-refractivity contribution in [2.75, 3.05) is 0 Å². The number of fused-ring (bicyclic) bond motifs is 1. The Labute approximate surface area is 97.3 Å². The van der Waals surface area contributed by atoms with Crippen molar-refractivity contribution in [3.63, 3.8) is 0 Å². The van der Waals surface area contributed by atoms with E-state index in [0.29, 0.717) is 11.1 Å². The maximum absolute atomic E-state index is 11.5. The van der Waals surface area contributed by atoms with Crippen molar-refractivity contribution in [3.05, 3.63) is 39.2 Å². The van der Waals surface area contributed by atoms with Crippen molar-refractivity contribution in [2.24, 2.45) is 0 Å². The fourth-order valence-corrected chi connectivity index (χ4v) is 2.00. The van der Waals surface area contributed by atoms with E-state index in [1.165, 1.54) is 6.07 Å². The van der Waals surface area contributed by atoms with Crippen molar-refractivity contribution < 1.29 is 9.52 Å². The minimum Gasteiger partial charge on any atom is -0.508 e. The second kappa shape index (κ2) is 3.83. The van der Waals surface area contributed by atoms with Crippen molar-refractivity contribution in [1.82, 2.24) is 0 Å². The molecule has 0 radical (unpaired) electrons. The molecular weight excluding hydrogens is 228 g/mol. The predicted octanol–water partition coefficient (Wildman–Crippen LogP) is 2.85. The highest BCUT2D eigenvalue weighted by atomic mass is 35.5. The van der Waals surface area contributed by atoms with E-state index >= 15 is 0 Å². The molecule has 1 aromatic heterocycles. The third kappa shape index (κ3) is 1.57. The molecule has 0 bridgehead atoms.